The summed E-state index contributed by atoms with van der Waals surface area (Å²) < 4.78 is 0. The van der Waals surface area contributed by atoms with Crippen molar-refractivity contribution in [2.75, 3.05) is 5.32 Å². The molecule has 1 atom stereocenters. The average Bonchev–Trinajstić information content (AvgIpc) is 3.29. The van der Waals surface area contributed by atoms with Crippen molar-refractivity contribution < 1.29 is 14.7 Å². The molecule has 2 aromatic carbocycles. The molecule has 8 heteroatoms. The Balaban J connectivity index is 1.85. The molecular weight excluding hydrogens is 470 g/mol. The van der Waals surface area contributed by atoms with E-state index in [0.29, 0.717) is 22.8 Å². The number of thiazole rings is 1. The summed E-state index contributed by atoms with van der Waals surface area (Å²) in [5.74, 6) is -0.881. The Morgan fingerprint density at radius 2 is 1.88 bits per heavy atom. The Labute approximate surface area is 206 Å². The van der Waals surface area contributed by atoms with Crippen LogP contribution in [0.25, 0.3) is 21.7 Å². The normalized spacial score (nSPS) is 11.7. The predicted octanol–water partition coefficient (Wildman–Crippen LogP) is 6.72. The van der Waals surface area contributed by atoms with Gasteiger partial charge in [0.25, 0.3) is 0 Å². The van der Waals surface area contributed by atoms with Crippen molar-refractivity contribution in [3.63, 3.8) is 0 Å². The Kier molecular flexibility index (Phi) is 7.05. The molecule has 172 valence electrons. The van der Waals surface area contributed by atoms with Crippen molar-refractivity contribution >= 4 is 40.6 Å². The third-order valence-electron chi connectivity index (χ3n) is 5.38. The number of pyridine rings is 1. The molecule has 2 heterocycles. The molecule has 0 aliphatic carbocycles. The van der Waals surface area contributed by atoms with Crippen LogP contribution in [0.2, 0.25) is 5.02 Å². The highest BCUT2D eigenvalue weighted by atomic mass is 35.5. The first-order chi connectivity index (χ1) is 16.4. The molecule has 0 aliphatic heterocycles. The number of halogens is 1. The first-order valence-corrected chi connectivity index (χ1v) is 11.9. The molecule has 0 radical (unpaired) electrons. The number of hydrogen-bond acceptors (Lipinski definition) is 5. The van der Waals surface area contributed by atoms with E-state index in [1.165, 1.54) is 11.3 Å². The molecule has 1 amide bonds. The minimum absolute atomic E-state index is 0.122. The molecule has 0 saturated heterocycles. The fourth-order valence-corrected chi connectivity index (χ4v) is 4.97. The number of nitrogens with zero attached hydrogens (tertiary/aromatic N) is 2. The highest BCUT2D eigenvalue weighted by molar-refractivity contribution is 7.15. The summed E-state index contributed by atoms with van der Waals surface area (Å²) in [4.78, 5) is 33.7. The number of anilines is 1. The minimum atomic E-state index is -0.972. The van der Waals surface area contributed by atoms with Crippen LogP contribution >= 0.6 is 22.9 Å². The fourth-order valence-electron chi connectivity index (χ4n) is 3.62. The van der Waals surface area contributed by atoms with Gasteiger partial charge in [-0.2, -0.15) is 0 Å². The minimum Gasteiger partial charge on any atom is -0.478 e. The Bertz CT molecular complexity index is 1370. The Morgan fingerprint density at radius 3 is 2.62 bits per heavy atom. The van der Waals surface area contributed by atoms with Crippen LogP contribution in [-0.2, 0) is 4.79 Å². The Morgan fingerprint density at radius 1 is 1.09 bits per heavy atom. The average molecular weight is 492 g/mol. The van der Waals surface area contributed by atoms with Crippen LogP contribution in [0.3, 0.4) is 0 Å². The van der Waals surface area contributed by atoms with Crippen molar-refractivity contribution in [3.8, 4) is 21.7 Å². The van der Waals surface area contributed by atoms with Crippen LogP contribution in [-0.4, -0.2) is 27.0 Å². The van der Waals surface area contributed by atoms with Crippen LogP contribution < -0.4 is 5.32 Å². The van der Waals surface area contributed by atoms with Crippen LogP contribution in [0.15, 0.2) is 66.9 Å². The van der Waals surface area contributed by atoms with E-state index < -0.39 is 5.97 Å². The van der Waals surface area contributed by atoms with E-state index in [2.05, 4.69) is 10.3 Å². The smallest absolute Gasteiger partial charge is 0.335 e. The Hall–Kier alpha value is -3.55. The van der Waals surface area contributed by atoms with Crippen LogP contribution in [0, 0.1) is 0 Å². The molecule has 0 bridgehead atoms. The SMILES string of the molecule is CCC(=O)Nc1cc(-c2sc(C(C)c3ccccc3C(=O)O)nc2-c2cccc(Cl)c2)ccn1. The van der Waals surface area contributed by atoms with E-state index in [-0.39, 0.29) is 17.4 Å². The molecule has 0 fully saturated rings. The number of carbonyl (C=O) groups is 2. The second-order valence-corrected chi connectivity index (χ2v) is 9.15. The van der Waals surface area contributed by atoms with E-state index in [1.807, 2.05) is 49.4 Å². The number of aromatic carboxylic acids is 1. The summed E-state index contributed by atoms with van der Waals surface area (Å²) >= 11 is 7.75. The van der Waals surface area contributed by atoms with Gasteiger partial charge in [-0.3, -0.25) is 4.79 Å². The highest BCUT2D eigenvalue weighted by Gasteiger charge is 2.23. The summed E-state index contributed by atoms with van der Waals surface area (Å²) in [5.41, 5.74) is 3.38. The first kappa shape index (κ1) is 23.6. The number of benzene rings is 2. The van der Waals surface area contributed by atoms with Gasteiger partial charge in [0.1, 0.15) is 10.8 Å². The first-order valence-electron chi connectivity index (χ1n) is 10.7. The van der Waals surface area contributed by atoms with E-state index >= 15 is 0 Å². The van der Waals surface area contributed by atoms with Crippen molar-refractivity contribution in [1.29, 1.82) is 0 Å². The molecular formula is C26H22ClN3O3S. The number of amides is 1. The van der Waals surface area contributed by atoms with Gasteiger partial charge in [0.2, 0.25) is 5.91 Å². The number of rotatable bonds is 7. The van der Waals surface area contributed by atoms with Gasteiger partial charge in [-0.05, 0) is 41.5 Å². The van der Waals surface area contributed by atoms with E-state index in [9.17, 15) is 14.7 Å². The van der Waals surface area contributed by atoms with Crippen molar-refractivity contribution in [2.24, 2.45) is 0 Å². The lowest BCUT2D eigenvalue weighted by molar-refractivity contribution is -0.115. The van der Waals surface area contributed by atoms with Crippen molar-refractivity contribution in [2.45, 2.75) is 26.2 Å². The molecule has 2 aromatic heterocycles. The van der Waals surface area contributed by atoms with Crippen LogP contribution in [0.4, 0.5) is 5.82 Å². The maximum Gasteiger partial charge on any atom is 0.335 e. The van der Waals surface area contributed by atoms with Gasteiger partial charge in [-0.1, -0.05) is 55.8 Å². The van der Waals surface area contributed by atoms with Gasteiger partial charge in [-0.25, -0.2) is 14.8 Å². The monoisotopic (exact) mass is 491 g/mol. The van der Waals surface area contributed by atoms with Crippen LogP contribution in [0.5, 0.6) is 0 Å². The van der Waals surface area contributed by atoms with Gasteiger partial charge in [0.05, 0.1) is 16.1 Å². The maximum absolute atomic E-state index is 11.9. The van der Waals surface area contributed by atoms with E-state index in [4.69, 9.17) is 16.6 Å². The second kappa shape index (κ2) is 10.2. The number of aromatic nitrogens is 2. The number of carboxylic acid groups (broad SMARTS) is 1. The molecule has 34 heavy (non-hydrogen) atoms. The summed E-state index contributed by atoms with van der Waals surface area (Å²) in [6.07, 6.45) is 2.00. The third-order valence-corrected chi connectivity index (χ3v) is 6.90. The van der Waals surface area contributed by atoms with Gasteiger partial charge in [-0.15, -0.1) is 11.3 Å². The zero-order valence-corrected chi connectivity index (χ0v) is 20.2. The predicted molar refractivity (Wildman–Crippen MR) is 136 cm³/mol. The molecule has 0 saturated carbocycles. The number of carboxylic acids is 1. The van der Waals surface area contributed by atoms with Crippen LogP contribution in [0.1, 0.15) is 47.1 Å². The number of hydrogen-bond donors (Lipinski definition) is 2. The second-order valence-electron chi connectivity index (χ2n) is 7.69. The lowest BCUT2D eigenvalue weighted by Gasteiger charge is -2.11. The number of nitrogens with one attached hydrogen (secondary N) is 1. The molecule has 2 N–H and O–H groups in total. The summed E-state index contributed by atoms with van der Waals surface area (Å²) in [6, 6.07) is 18.1. The topological polar surface area (TPSA) is 92.2 Å². The molecule has 1 unspecified atom stereocenters. The fraction of sp³-hybridized carbons (Fsp3) is 0.154. The lowest BCUT2D eigenvalue weighted by Crippen LogP contribution is -2.10. The summed E-state index contributed by atoms with van der Waals surface area (Å²) in [7, 11) is 0. The lowest BCUT2D eigenvalue weighted by atomic mass is 9.96. The summed E-state index contributed by atoms with van der Waals surface area (Å²) in [5, 5.41) is 13.8. The van der Waals surface area contributed by atoms with Gasteiger partial charge in [0, 0.05) is 29.1 Å². The highest BCUT2D eigenvalue weighted by Crippen LogP contribution is 2.42. The van der Waals surface area contributed by atoms with Crippen molar-refractivity contribution in [1.82, 2.24) is 9.97 Å². The van der Waals surface area contributed by atoms with Gasteiger partial charge >= 0.3 is 5.97 Å². The maximum atomic E-state index is 11.9. The van der Waals surface area contributed by atoms with Gasteiger partial charge < -0.3 is 10.4 Å². The molecule has 0 spiro atoms. The molecule has 4 rings (SSSR count). The quantitative estimate of drug-likeness (QED) is 0.299. The largest absolute Gasteiger partial charge is 0.478 e. The van der Waals surface area contributed by atoms with Crippen molar-refractivity contribution in [3.05, 3.63) is 88.0 Å². The van der Waals surface area contributed by atoms with Gasteiger partial charge in [0.15, 0.2) is 0 Å². The number of carbonyl (C=O) groups excluding carboxylic acids is 1. The molecule has 4 aromatic rings. The third kappa shape index (κ3) is 5.00. The molecule has 0 aliphatic rings. The summed E-state index contributed by atoms with van der Waals surface area (Å²) in [6.45, 7) is 3.73. The van der Waals surface area contributed by atoms with E-state index in [1.54, 1.807) is 31.3 Å². The standard InChI is InChI=1S/C26H22ClN3O3S/c1-3-22(31)29-21-14-17(11-12-28-21)24-23(16-7-6-8-18(27)13-16)30-25(34-24)15(2)19-9-4-5-10-20(19)26(32)33/h4-15H,3H2,1-2H3,(H,32,33)(H,28,29,31). The zero-order valence-electron chi connectivity index (χ0n) is 18.6. The molecule has 6 nitrogen and oxygen atoms in total. The van der Waals surface area contributed by atoms with E-state index in [0.717, 1.165) is 26.7 Å². The zero-order chi connectivity index (χ0) is 24.2.